The van der Waals surface area contributed by atoms with Crippen LogP contribution in [0.1, 0.15) is 25.7 Å². The number of benzene rings is 2. The summed E-state index contributed by atoms with van der Waals surface area (Å²) in [5.41, 5.74) is 2.02. The topological polar surface area (TPSA) is 81.1 Å². The number of nitrogens with zero attached hydrogens (tertiary/aromatic N) is 6. The van der Waals surface area contributed by atoms with E-state index >= 15 is 0 Å². The van der Waals surface area contributed by atoms with Gasteiger partial charge in [0.25, 0.3) is 0 Å². The Bertz CT molecular complexity index is 640. The van der Waals surface area contributed by atoms with Crippen LogP contribution in [-0.2, 0) is 21.7 Å². The van der Waals surface area contributed by atoms with Gasteiger partial charge in [-0.05, 0) is 24.2 Å². The molecule has 0 bridgehead atoms. The predicted molar refractivity (Wildman–Crippen MR) is 132 cm³/mol. The molecule has 0 N–H and O–H groups in total. The van der Waals surface area contributed by atoms with Gasteiger partial charge >= 0.3 is 21.7 Å². The third-order valence-corrected chi connectivity index (χ3v) is 3.73. The fraction of sp³-hybridized carbons (Fsp3) is 0.417. The normalized spacial score (nSPS) is 16.3. The van der Waals surface area contributed by atoms with Crippen molar-refractivity contribution >= 4 is 23.0 Å². The molecular formula is C24H34N6Ti. The van der Waals surface area contributed by atoms with Crippen LogP contribution in [0.5, 0.6) is 0 Å². The summed E-state index contributed by atoms with van der Waals surface area (Å²) in [4.78, 5) is 8.82. The van der Waals surface area contributed by atoms with E-state index in [1.807, 2.05) is 60.7 Å². The number of rotatable bonds is 2. The van der Waals surface area contributed by atoms with Gasteiger partial charge in [-0.2, -0.15) is 28.2 Å². The molecular weight excluding hydrogens is 420 g/mol. The van der Waals surface area contributed by atoms with Gasteiger partial charge in [0.05, 0.1) is 0 Å². The van der Waals surface area contributed by atoms with E-state index in [0.29, 0.717) is 0 Å². The van der Waals surface area contributed by atoms with Crippen LogP contribution in [0.3, 0.4) is 0 Å². The summed E-state index contributed by atoms with van der Waals surface area (Å²) >= 11 is 0. The van der Waals surface area contributed by atoms with Crippen LogP contribution >= 0.6 is 0 Å². The van der Waals surface area contributed by atoms with Gasteiger partial charge in [-0.1, -0.05) is 98.3 Å². The van der Waals surface area contributed by atoms with Crippen molar-refractivity contribution in [3.63, 3.8) is 0 Å². The molecule has 31 heavy (non-hydrogen) atoms. The second-order valence-electron chi connectivity index (χ2n) is 6.59. The van der Waals surface area contributed by atoms with E-state index in [0.717, 1.165) is 61.8 Å². The fourth-order valence-corrected chi connectivity index (χ4v) is 2.53. The first-order valence-electron chi connectivity index (χ1n) is 10.3. The van der Waals surface area contributed by atoms with E-state index in [1.165, 1.54) is 0 Å². The molecule has 7 heteroatoms. The summed E-state index contributed by atoms with van der Waals surface area (Å²) in [6, 6.07) is 20.0. The van der Waals surface area contributed by atoms with Crippen LogP contribution in [0.4, 0.5) is 11.4 Å². The Morgan fingerprint density at radius 3 is 1.19 bits per heavy atom. The van der Waals surface area contributed by atoms with Crippen molar-refractivity contribution in [2.45, 2.75) is 25.7 Å². The molecule has 0 radical (unpaired) electrons. The zero-order valence-corrected chi connectivity index (χ0v) is 20.8. The van der Waals surface area contributed by atoms with E-state index in [1.54, 1.807) is 28.2 Å². The van der Waals surface area contributed by atoms with E-state index in [4.69, 9.17) is 0 Å². The van der Waals surface area contributed by atoms with Crippen molar-refractivity contribution in [1.82, 2.24) is 0 Å². The van der Waals surface area contributed by atoms with Gasteiger partial charge in [0.15, 0.2) is 0 Å². The van der Waals surface area contributed by atoms with Crippen molar-refractivity contribution < 1.29 is 21.7 Å². The molecule has 0 saturated carbocycles. The Balaban J connectivity index is 0.000000453. The van der Waals surface area contributed by atoms with Crippen molar-refractivity contribution in [3.8, 4) is 0 Å². The van der Waals surface area contributed by atoms with Crippen LogP contribution in [-0.4, -0.2) is 53.0 Å². The molecule has 0 atom stereocenters. The molecule has 6 nitrogen and oxygen atoms in total. The molecule has 0 aliphatic carbocycles. The summed E-state index contributed by atoms with van der Waals surface area (Å²) in [5, 5.41) is 15.6. The van der Waals surface area contributed by atoms with Crippen LogP contribution in [0, 0.1) is 0 Å². The second-order valence-corrected chi connectivity index (χ2v) is 6.59. The van der Waals surface area contributed by atoms with Gasteiger partial charge in [-0.15, -0.1) is 0 Å². The van der Waals surface area contributed by atoms with Gasteiger partial charge < -0.3 is 31.3 Å². The van der Waals surface area contributed by atoms with Crippen LogP contribution < -0.4 is 0 Å². The molecule has 2 aliphatic heterocycles. The average molecular weight is 454 g/mol. The minimum atomic E-state index is 0. The quantitative estimate of drug-likeness (QED) is 0.438. The summed E-state index contributed by atoms with van der Waals surface area (Å²) in [6.07, 6.45) is 4.39. The Morgan fingerprint density at radius 2 is 0.935 bits per heavy atom. The Kier molecular flexibility index (Phi) is 18.7. The Labute approximate surface area is 203 Å². The molecule has 2 fully saturated rings. The van der Waals surface area contributed by atoms with Gasteiger partial charge in [-0.3, -0.25) is 0 Å². The maximum absolute atomic E-state index is 4.41. The maximum atomic E-state index is 4.41. The van der Waals surface area contributed by atoms with Gasteiger partial charge in [0, 0.05) is 0 Å². The van der Waals surface area contributed by atoms with Crippen molar-refractivity contribution in [1.29, 1.82) is 0 Å². The van der Waals surface area contributed by atoms with Crippen molar-refractivity contribution in [3.05, 3.63) is 81.9 Å². The summed E-state index contributed by atoms with van der Waals surface area (Å²) in [7, 11) is 7.00. The average Bonchev–Trinajstić information content (AvgIpc) is 3.46. The SMILES string of the molecule is C[N-]C.C[N-]C.[Ti+4].c1ccc(N=C2CCC[N-]2)cc1.c1ccc(N=C2CCC[N-]2)cc1. The zero-order chi connectivity index (χ0) is 21.9. The number of para-hydroxylation sites is 2. The molecule has 2 aromatic carbocycles. The number of aliphatic imine (C=N–C) groups is 2. The van der Waals surface area contributed by atoms with Crippen LogP contribution in [0.2, 0.25) is 0 Å². The van der Waals surface area contributed by atoms with Crippen molar-refractivity contribution in [2.24, 2.45) is 9.98 Å². The van der Waals surface area contributed by atoms with Gasteiger partial charge in [0.1, 0.15) is 0 Å². The number of amidine groups is 2. The van der Waals surface area contributed by atoms with Gasteiger partial charge in [0.2, 0.25) is 0 Å². The first-order valence-corrected chi connectivity index (χ1v) is 10.3. The fourth-order valence-electron chi connectivity index (χ4n) is 2.53. The Hall–Kier alpha value is -1.99. The minimum Gasteiger partial charge on any atom is -0.668 e. The molecule has 2 heterocycles. The summed E-state index contributed by atoms with van der Waals surface area (Å²) in [6.45, 7) is 1.90. The smallest absolute Gasteiger partial charge is 0.668 e. The van der Waals surface area contributed by atoms with Gasteiger partial charge in [-0.25, -0.2) is 0 Å². The monoisotopic (exact) mass is 454 g/mol. The Morgan fingerprint density at radius 1 is 0.613 bits per heavy atom. The molecule has 0 amide bonds. The molecule has 0 spiro atoms. The van der Waals surface area contributed by atoms with Crippen molar-refractivity contribution in [2.75, 3.05) is 41.3 Å². The second kappa shape index (κ2) is 19.9. The zero-order valence-electron chi connectivity index (χ0n) is 19.2. The van der Waals surface area contributed by atoms with Crippen LogP contribution in [0.15, 0.2) is 70.6 Å². The summed E-state index contributed by atoms with van der Waals surface area (Å²) < 4.78 is 0. The van der Waals surface area contributed by atoms with E-state index in [9.17, 15) is 0 Å². The predicted octanol–water partition coefficient (Wildman–Crippen LogP) is 7.01. The molecule has 2 aliphatic rings. The molecule has 2 saturated heterocycles. The van der Waals surface area contributed by atoms with E-state index in [2.05, 4.69) is 31.3 Å². The van der Waals surface area contributed by atoms with E-state index in [-0.39, 0.29) is 21.7 Å². The molecule has 164 valence electrons. The largest absolute Gasteiger partial charge is 4.00 e. The molecule has 4 rings (SSSR count). The summed E-state index contributed by atoms with van der Waals surface area (Å²) in [5.74, 6) is 2.00. The number of hydrogen-bond donors (Lipinski definition) is 0. The standard InChI is InChI=1S/2C10H11N2.2C2H6N.Ti/c2*1-2-5-9(6-3-1)12-10-7-4-8-11-10;2*1-3-2;/h2*1-3,5-6H,4,7-8H2;2*1-2H3;/q4*-1;+4. The first kappa shape index (κ1) is 29.0. The third-order valence-electron chi connectivity index (χ3n) is 3.73. The third kappa shape index (κ3) is 14.6. The first-order chi connectivity index (χ1) is 14.7. The molecule has 2 aromatic rings. The minimum absolute atomic E-state index is 0. The maximum Gasteiger partial charge on any atom is 4.00 e. The van der Waals surface area contributed by atoms with E-state index < -0.39 is 0 Å². The molecule has 0 aromatic heterocycles. The number of hydrogen-bond acceptors (Lipinski definition) is 2. The van der Waals surface area contributed by atoms with Crippen LogP contribution in [0.25, 0.3) is 21.3 Å². The molecule has 0 unspecified atom stereocenters.